The lowest BCUT2D eigenvalue weighted by molar-refractivity contribution is 1.33. The first-order valence-corrected chi connectivity index (χ1v) is 14.2. The Morgan fingerprint density at radius 3 is 1.02 bits per heavy atom. The molecule has 0 aliphatic heterocycles. The van der Waals surface area contributed by atoms with Crippen molar-refractivity contribution < 1.29 is 0 Å². The van der Waals surface area contributed by atoms with Crippen LogP contribution in [-0.4, -0.2) is 9.97 Å². The monoisotopic (exact) mass is 534 g/mol. The van der Waals surface area contributed by atoms with E-state index in [1.54, 1.807) is 0 Å². The van der Waals surface area contributed by atoms with Crippen molar-refractivity contribution in [2.45, 2.75) is 0 Å². The van der Waals surface area contributed by atoms with Crippen molar-refractivity contribution in [2.75, 3.05) is 0 Å². The number of nitrogens with zero attached hydrogens (tertiary/aromatic N) is 2. The molecule has 0 radical (unpaired) electrons. The Morgan fingerprint density at radius 2 is 0.571 bits per heavy atom. The van der Waals surface area contributed by atoms with E-state index in [-0.39, 0.29) is 0 Å². The quantitative estimate of drug-likeness (QED) is 0.210. The van der Waals surface area contributed by atoms with Crippen LogP contribution in [-0.2, 0) is 0 Å². The molecule has 2 heterocycles. The Labute approximate surface area is 244 Å². The molecule has 42 heavy (non-hydrogen) atoms. The molecule has 0 bridgehead atoms. The van der Waals surface area contributed by atoms with Gasteiger partial charge < -0.3 is 0 Å². The largest absolute Gasteiger partial charge is 0.265 e. The molecule has 0 saturated carbocycles. The fourth-order valence-corrected chi connectivity index (χ4v) is 6.16. The van der Waals surface area contributed by atoms with Crippen LogP contribution >= 0.6 is 0 Å². The van der Waals surface area contributed by atoms with Crippen LogP contribution in [0.2, 0.25) is 0 Å². The highest BCUT2D eigenvalue weighted by molar-refractivity contribution is 6.25. The maximum absolute atomic E-state index is 4.21. The van der Waals surface area contributed by atoms with Crippen molar-refractivity contribution in [3.8, 4) is 44.5 Å². The van der Waals surface area contributed by atoms with Gasteiger partial charge in [-0.25, -0.2) is 0 Å². The molecule has 2 nitrogen and oxygen atoms in total. The van der Waals surface area contributed by atoms with E-state index in [9.17, 15) is 0 Å². The van der Waals surface area contributed by atoms with E-state index in [1.165, 1.54) is 65.7 Å². The van der Waals surface area contributed by atoms with Gasteiger partial charge in [-0.2, -0.15) is 0 Å². The maximum Gasteiger partial charge on any atom is 0.0273 e. The van der Waals surface area contributed by atoms with Gasteiger partial charge in [0.25, 0.3) is 0 Å². The van der Waals surface area contributed by atoms with Crippen LogP contribution in [0.4, 0.5) is 0 Å². The lowest BCUT2D eigenvalue weighted by Crippen LogP contribution is -1.87. The third-order valence-electron chi connectivity index (χ3n) is 8.26. The second-order valence-electron chi connectivity index (χ2n) is 10.7. The summed E-state index contributed by atoms with van der Waals surface area (Å²) >= 11 is 0. The van der Waals surface area contributed by atoms with Gasteiger partial charge in [0.05, 0.1) is 0 Å². The molecule has 0 N–H and O–H groups in total. The van der Waals surface area contributed by atoms with Crippen molar-refractivity contribution >= 4 is 32.3 Å². The summed E-state index contributed by atoms with van der Waals surface area (Å²) in [5, 5.41) is 7.78. The van der Waals surface area contributed by atoms with Gasteiger partial charge in [-0.15, -0.1) is 0 Å². The Morgan fingerprint density at radius 1 is 0.238 bits per heavy atom. The zero-order valence-corrected chi connectivity index (χ0v) is 22.9. The first-order chi connectivity index (χ1) is 20.8. The number of benzene rings is 6. The Hall–Kier alpha value is -5.60. The van der Waals surface area contributed by atoms with E-state index in [0.717, 1.165) is 11.1 Å². The third-order valence-corrected chi connectivity index (χ3v) is 8.26. The van der Waals surface area contributed by atoms with E-state index in [2.05, 4.69) is 143 Å². The van der Waals surface area contributed by atoms with Crippen molar-refractivity contribution in [3.05, 3.63) is 158 Å². The summed E-state index contributed by atoms with van der Waals surface area (Å²) in [6.07, 6.45) is 7.38. The molecule has 6 aromatic carbocycles. The molecule has 0 unspecified atom stereocenters. The van der Waals surface area contributed by atoms with E-state index < -0.39 is 0 Å². The summed E-state index contributed by atoms with van der Waals surface area (Å²) in [5.41, 5.74) is 9.42. The molecule has 0 amide bonds. The van der Waals surface area contributed by atoms with Crippen LogP contribution in [0.1, 0.15) is 0 Å². The Balaban J connectivity index is 1.23. The number of aromatic nitrogens is 2. The standard InChI is InChI=1S/C40H26N2/c1-2-7-37-35(5-1)36-6-3-4-8-38(36)40-26-31(13-14-39(37)40)27-9-11-28(12-10-27)32-23-33(29-15-19-41-20-16-29)25-34(24-32)30-17-21-42-22-18-30/h1-26H. The molecular weight excluding hydrogens is 508 g/mol. The zero-order chi connectivity index (χ0) is 27.9. The molecular formula is C40H26N2. The Kier molecular flexibility index (Phi) is 5.82. The molecule has 2 aromatic heterocycles. The van der Waals surface area contributed by atoms with E-state index >= 15 is 0 Å². The van der Waals surface area contributed by atoms with Crippen molar-refractivity contribution in [1.29, 1.82) is 0 Å². The highest BCUT2D eigenvalue weighted by Crippen LogP contribution is 2.38. The van der Waals surface area contributed by atoms with Crippen LogP contribution in [0, 0.1) is 0 Å². The smallest absolute Gasteiger partial charge is 0.0273 e. The fourth-order valence-electron chi connectivity index (χ4n) is 6.16. The van der Waals surface area contributed by atoms with Crippen LogP contribution in [0.3, 0.4) is 0 Å². The Bertz CT molecular complexity index is 2130. The normalized spacial score (nSPS) is 11.3. The summed E-state index contributed by atoms with van der Waals surface area (Å²) in [6.45, 7) is 0. The number of rotatable bonds is 4. The van der Waals surface area contributed by atoms with Crippen molar-refractivity contribution in [3.63, 3.8) is 0 Å². The summed E-state index contributed by atoms with van der Waals surface area (Å²) in [6, 6.07) is 48.3. The maximum atomic E-state index is 4.21. The molecule has 0 aliphatic carbocycles. The number of pyridine rings is 2. The van der Waals surface area contributed by atoms with Crippen LogP contribution < -0.4 is 0 Å². The molecule has 0 aliphatic rings. The SMILES string of the molecule is c1ccc2c(c1)c1ccccc1c1cc(-c3ccc(-c4cc(-c5ccncc5)cc(-c5ccncc5)c4)cc3)ccc21. The third kappa shape index (κ3) is 4.22. The highest BCUT2D eigenvalue weighted by atomic mass is 14.6. The van der Waals surface area contributed by atoms with Crippen molar-refractivity contribution in [1.82, 2.24) is 9.97 Å². The zero-order valence-electron chi connectivity index (χ0n) is 22.9. The van der Waals surface area contributed by atoms with Crippen molar-refractivity contribution in [2.24, 2.45) is 0 Å². The van der Waals surface area contributed by atoms with Gasteiger partial charge in [0.1, 0.15) is 0 Å². The van der Waals surface area contributed by atoms with Gasteiger partial charge >= 0.3 is 0 Å². The van der Waals surface area contributed by atoms with E-state index in [1.807, 2.05) is 24.8 Å². The average Bonchev–Trinajstić information content (AvgIpc) is 3.09. The van der Waals surface area contributed by atoms with Gasteiger partial charge in [0.15, 0.2) is 0 Å². The number of fused-ring (bicyclic) bond motifs is 6. The predicted molar refractivity (Wildman–Crippen MR) is 176 cm³/mol. The molecule has 0 saturated heterocycles. The fraction of sp³-hybridized carbons (Fsp3) is 0. The minimum absolute atomic E-state index is 1.15. The minimum atomic E-state index is 1.15. The summed E-state index contributed by atoms with van der Waals surface area (Å²) < 4.78 is 0. The van der Waals surface area contributed by atoms with Gasteiger partial charge in [-0.1, -0.05) is 84.9 Å². The van der Waals surface area contributed by atoms with Crippen LogP contribution in [0.5, 0.6) is 0 Å². The summed E-state index contributed by atoms with van der Waals surface area (Å²) in [7, 11) is 0. The molecule has 8 rings (SSSR count). The van der Waals surface area contributed by atoms with Gasteiger partial charge in [0.2, 0.25) is 0 Å². The molecule has 196 valence electrons. The lowest BCUT2D eigenvalue weighted by atomic mass is 9.91. The van der Waals surface area contributed by atoms with E-state index in [4.69, 9.17) is 0 Å². The molecule has 2 heteroatoms. The minimum Gasteiger partial charge on any atom is -0.265 e. The topological polar surface area (TPSA) is 25.8 Å². The van der Waals surface area contributed by atoms with Gasteiger partial charge in [-0.3, -0.25) is 9.97 Å². The first kappa shape index (κ1) is 24.2. The van der Waals surface area contributed by atoms with Crippen LogP contribution in [0.15, 0.2) is 158 Å². The van der Waals surface area contributed by atoms with Gasteiger partial charge in [-0.05, 0) is 125 Å². The van der Waals surface area contributed by atoms with E-state index in [0.29, 0.717) is 0 Å². The van der Waals surface area contributed by atoms with Gasteiger partial charge in [0, 0.05) is 24.8 Å². The summed E-state index contributed by atoms with van der Waals surface area (Å²) in [5.74, 6) is 0. The lowest BCUT2D eigenvalue weighted by Gasteiger charge is -2.13. The second-order valence-corrected chi connectivity index (χ2v) is 10.7. The average molecular weight is 535 g/mol. The summed E-state index contributed by atoms with van der Waals surface area (Å²) in [4.78, 5) is 8.43. The highest BCUT2D eigenvalue weighted by Gasteiger charge is 2.11. The first-order valence-electron chi connectivity index (χ1n) is 14.2. The predicted octanol–water partition coefficient (Wildman–Crippen LogP) is 10.6. The second kappa shape index (κ2) is 10.1. The van der Waals surface area contributed by atoms with Crippen LogP contribution in [0.25, 0.3) is 76.8 Å². The molecule has 0 fully saturated rings. The molecule has 8 aromatic rings. The number of hydrogen-bond donors (Lipinski definition) is 0. The molecule has 0 atom stereocenters. The number of hydrogen-bond acceptors (Lipinski definition) is 2. The molecule has 0 spiro atoms.